The fraction of sp³-hybridized carbons (Fsp3) is 0.214. The minimum atomic E-state index is -3.87. The maximum Gasteiger partial charge on any atom is 0.265 e. The van der Waals surface area contributed by atoms with Gasteiger partial charge in [-0.25, -0.2) is 16.8 Å². The number of hydrogen-bond acceptors (Lipinski definition) is 5. The zero-order valence-electron chi connectivity index (χ0n) is 13.1. The number of aromatic amines is 1. The molecule has 0 aliphatic carbocycles. The van der Waals surface area contributed by atoms with Crippen molar-refractivity contribution < 1.29 is 16.8 Å². The molecule has 0 radical (unpaired) electrons. The Bertz CT molecular complexity index is 1130. The molecule has 2 aromatic heterocycles. The summed E-state index contributed by atoms with van der Waals surface area (Å²) in [4.78, 5) is 2.87. The number of benzene rings is 1. The first-order valence-corrected chi connectivity index (χ1v) is 11.1. The lowest BCUT2D eigenvalue weighted by atomic mass is 10.2. The number of halogens is 1. The van der Waals surface area contributed by atoms with Crippen molar-refractivity contribution in [3.05, 3.63) is 41.8 Å². The molecular weight excluding hydrogens is 388 g/mol. The van der Waals surface area contributed by atoms with Crippen LogP contribution >= 0.6 is 11.6 Å². The molecule has 0 aliphatic rings. The molecule has 0 fully saturated rings. The minimum absolute atomic E-state index is 0.0596. The molecule has 0 spiro atoms. The number of rotatable bonds is 6. The van der Waals surface area contributed by atoms with E-state index in [0.717, 1.165) is 6.26 Å². The lowest BCUT2D eigenvalue weighted by Gasteiger charge is -2.07. The average Bonchev–Trinajstić information content (AvgIpc) is 3.13. The molecular formula is C14H15ClN4O4S2. The summed E-state index contributed by atoms with van der Waals surface area (Å²) in [5.74, 6) is -0.123. The minimum Gasteiger partial charge on any atom is -0.358 e. The first-order chi connectivity index (χ1) is 11.7. The summed E-state index contributed by atoms with van der Waals surface area (Å²) in [6.45, 7) is 0.0795. The van der Waals surface area contributed by atoms with Crippen LogP contribution in [0.25, 0.3) is 10.9 Å². The Morgan fingerprint density at radius 3 is 2.76 bits per heavy atom. The van der Waals surface area contributed by atoms with Crippen molar-refractivity contribution in [2.75, 3.05) is 16.7 Å². The highest BCUT2D eigenvalue weighted by Gasteiger charge is 2.19. The molecule has 0 atom stereocenters. The fourth-order valence-corrected chi connectivity index (χ4v) is 4.03. The van der Waals surface area contributed by atoms with Crippen molar-refractivity contribution in [1.82, 2.24) is 14.8 Å². The number of hydrogen-bond donors (Lipinski definition) is 2. The molecule has 134 valence electrons. The van der Waals surface area contributed by atoms with E-state index < -0.39 is 19.9 Å². The van der Waals surface area contributed by atoms with Gasteiger partial charge in [-0.05, 0) is 6.07 Å². The second-order valence-corrected chi connectivity index (χ2v) is 9.89. The number of fused-ring (bicyclic) bond motifs is 1. The van der Waals surface area contributed by atoms with Crippen molar-refractivity contribution in [2.24, 2.45) is 0 Å². The first-order valence-electron chi connectivity index (χ1n) is 7.14. The Morgan fingerprint density at radius 2 is 2.04 bits per heavy atom. The predicted octanol–water partition coefficient (Wildman–Crippen LogP) is 1.86. The zero-order valence-corrected chi connectivity index (χ0v) is 15.5. The van der Waals surface area contributed by atoms with Gasteiger partial charge in [0.05, 0.1) is 34.7 Å². The van der Waals surface area contributed by atoms with Crippen LogP contribution in [0.3, 0.4) is 0 Å². The SMILES string of the molecule is CS(=O)(=O)CCn1cc(S(=O)(=O)Nc2cccc3c(Cl)c[nH]c23)cn1. The summed E-state index contributed by atoms with van der Waals surface area (Å²) in [6, 6.07) is 5.07. The number of sulfone groups is 1. The topological polar surface area (TPSA) is 114 Å². The van der Waals surface area contributed by atoms with Crippen molar-refractivity contribution in [2.45, 2.75) is 11.4 Å². The van der Waals surface area contributed by atoms with Crippen LogP contribution in [0.1, 0.15) is 0 Å². The third-order valence-corrected chi connectivity index (χ3v) is 6.08. The first kappa shape index (κ1) is 17.8. The van der Waals surface area contributed by atoms with Crippen LogP contribution in [0.15, 0.2) is 41.7 Å². The Hall–Kier alpha value is -2.04. The van der Waals surface area contributed by atoms with Gasteiger partial charge in [0, 0.05) is 24.0 Å². The highest BCUT2D eigenvalue weighted by molar-refractivity contribution is 7.92. The third-order valence-electron chi connectivity index (χ3n) is 3.52. The highest BCUT2D eigenvalue weighted by atomic mass is 35.5. The summed E-state index contributed by atoms with van der Waals surface area (Å²) >= 11 is 6.04. The number of aromatic nitrogens is 3. The number of H-pyrrole nitrogens is 1. The van der Waals surface area contributed by atoms with Crippen LogP contribution < -0.4 is 4.72 Å². The largest absolute Gasteiger partial charge is 0.358 e. The van der Waals surface area contributed by atoms with E-state index in [-0.39, 0.29) is 17.2 Å². The molecule has 0 saturated heterocycles. The summed E-state index contributed by atoms with van der Waals surface area (Å²) < 4.78 is 51.2. The van der Waals surface area contributed by atoms with Gasteiger partial charge in [-0.2, -0.15) is 5.10 Å². The van der Waals surface area contributed by atoms with E-state index in [1.165, 1.54) is 17.1 Å². The van der Waals surface area contributed by atoms with Gasteiger partial charge < -0.3 is 4.98 Å². The normalized spacial score (nSPS) is 12.6. The monoisotopic (exact) mass is 402 g/mol. The van der Waals surface area contributed by atoms with E-state index >= 15 is 0 Å². The van der Waals surface area contributed by atoms with E-state index in [2.05, 4.69) is 14.8 Å². The molecule has 1 aromatic carbocycles. The lowest BCUT2D eigenvalue weighted by molar-refractivity contribution is 0.585. The molecule has 11 heteroatoms. The number of sulfonamides is 1. The number of para-hydroxylation sites is 1. The van der Waals surface area contributed by atoms with Gasteiger partial charge in [0.1, 0.15) is 14.7 Å². The molecule has 2 heterocycles. The van der Waals surface area contributed by atoms with Crippen molar-refractivity contribution in [1.29, 1.82) is 0 Å². The second kappa shape index (κ2) is 6.36. The Balaban J connectivity index is 1.86. The molecule has 0 aliphatic heterocycles. The van der Waals surface area contributed by atoms with Crippen molar-refractivity contribution in [3.8, 4) is 0 Å². The third kappa shape index (κ3) is 3.97. The Labute approximate surface area is 149 Å². The maximum atomic E-state index is 12.5. The summed E-state index contributed by atoms with van der Waals surface area (Å²) in [5, 5.41) is 5.09. The number of nitrogens with one attached hydrogen (secondary N) is 2. The standard InChI is InChI=1S/C14H15ClN4O4S2/c1-24(20,21)6-5-19-9-10(7-17-19)25(22,23)18-13-4-2-3-11-12(15)8-16-14(11)13/h2-4,7-9,16,18H,5-6H2,1H3. The van der Waals surface area contributed by atoms with Crippen LogP contribution in [0.2, 0.25) is 5.02 Å². The van der Waals surface area contributed by atoms with Crippen LogP contribution in [0, 0.1) is 0 Å². The lowest BCUT2D eigenvalue weighted by Crippen LogP contribution is -2.13. The second-order valence-electron chi connectivity index (χ2n) is 5.54. The smallest absolute Gasteiger partial charge is 0.265 e. The molecule has 0 bridgehead atoms. The van der Waals surface area contributed by atoms with Gasteiger partial charge in [-0.15, -0.1) is 0 Å². The van der Waals surface area contributed by atoms with Gasteiger partial charge >= 0.3 is 0 Å². The Kier molecular flexibility index (Phi) is 4.52. The maximum absolute atomic E-state index is 12.5. The number of aryl methyl sites for hydroxylation is 1. The van der Waals surface area contributed by atoms with E-state index in [4.69, 9.17) is 11.6 Å². The number of anilines is 1. The van der Waals surface area contributed by atoms with Gasteiger partial charge in [-0.3, -0.25) is 9.40 Å². The van der Waals surface area contributed by atoms with Gasteiger partial charge in [0.2, 0.25) is 0 Å². The molecule has 0 saturated carbocycles. The molecule has 0 unspecified atom stereocenters. The Morgan fingerprint density at radius 1 is 1.28 bits per heavy atom. The van der Waals surface area contributed by atoms with Crippen LogP contribution in [0.5, 0.6) is 0 Å². The molecule has 0 amide bonds. The average molecular weight is 403 g/mol. The molecule has 2 N–H and O–H groups in total. The van der Waals surface area contributed by atoms with Crippen LogP contribution in [-0.4, -0.2) is 43.6 Å². The van der Waals surface area contributed by atoms with E-state index in [9.17, 15) is 16.8 Å². The van der Waals surface area contributed by atoms with Crippen LogP contribution in [0.4, 0.5) is 5.69 Å². The van der Waals surface area contributed by atoms with Crippen LogP contribution in [-0.2, 0) is 26.4 Å². The van der Waals surface area contributed by atoms with Gasteiger partial charge in [0.15, 0.2) is 0 Å². The predicted molar refractivity (Wildman–Crippen MR) is 96.1 cm³/mol. The quantitative estimate of drug-likeness (QED) is 0.653. The van der Waals surface area contributed by atoms with Crippen molar-refractivity contribution >= 4 is 48.1 Å². The van der Waals surface area contributed by atoms with E-state index in [1.54, 1.807) is 24.4 Å². The molecule has 8 nitrogen and oxygen atoms in total. The van der Waals surface area contributed by atoms with E-state index in [0.29, 0.717) is 21.6 Å². The summed E-state index contributed by atoms with van der Waals surface area (Å²) in [6.07, 6.45) is 5.15. The van der Waals surface area contributed by atoms with Crippen molar-refractivity contribution in [3.63, 3.8) is 0 Å². The molecule has 3 rings (SSSR count). The molecule has 25 heavy (non-hydrogen) atoms. The highest BCUT2D eigenvalue weighted by Crippen LogP contribution is 2.29. The zero-order chi connectivity index (χ0) is 18.2. The summed E-state index contributed by atoms with van der Waals surface area (Å²) in [5.41, 5.74) is 0.925. The van der Waals surface area contributed by atoms with Gasteiger partial charge in [-0.1, -0.05) is 23.7 Å². The number of nitrogens with zero attached hydrogens (tertiary/aromatic N) is 2. The molecule has 3 aromatic rings. The van der Waals surface area contributed by atoms with Gasteiger partial charge in [0.25, 0.3) is 10.0 Å². The summed E-state index contributed by atoms with van der Waals surface area (Å²) in [7, 11) is -7.04. The van der Waals surface area contributed by atoms with E-state index in [1.807, 2.05) is 0 Å². The fourth-order valence-electron chi connectivity index (χ4n) is 2.27.